The summed E-state index contributed by atoms with van der Waals surface area (Å²) in [5, 5.41) is 3.17. The molecule has 6 nitrogen and oxygen atoms in total. The maximum Gasteiger partial charge on any atom is 0.226 e. The molecule has 6 heteroatoms. The Morgan fingerprint density at radius 1 is 1.19 bits per heavy atom. The van der Waals surface area contributed by atoms with Gasteiger partial charge in [0.1, 0.15) is 0 Å². The lowest BCUT2D eigenvalue weighted by atomic mass is 10.3. The van der Waals surface area contributed by atoms with Crippen molar-refractivity contribution < 1.29 is 9.47 Å². The Morgan fingerprint density at radius 2 is 2.00 bits per heavy atom. The Kier molecular flexibility index (Phi) is 4.92. The zero-order chi connectivity index (χ0) is 15.2. The number of hydrogen-bond acceptors (Lipinski definition) is 6. The first kappa shape index (κ1) is 15.0. The molecule has 0 aliphatic carbocycles. The number of rotatable bonds is 6. The molecule has 2 aromatic rings. The maximum absolute atomic E-state index is 5.60. The first-order chi connectivity index (χ1) is 10.1. The van der Waals surface area contributed by atoms with Gasteiger partial charge >= 0.3 is 0 Å². The molecule has 0 spiro atoms. The van der Waals surface area contributed by atoms with Crippen LogP contribution in [0.15, 0.2) is 24.4 Å². The van der Waals surface area contributed by atoms with Gasteiger partial charge in [-0.3, -0.25) is 0 Å². The molecule has 2 rings (SSSR count). The molecule has 0 bridgehead atoms. The van der Waals surface area contributed by atoms with Gasteiger partial charge in [0.15, 0.2) is 0 Å². The van der Waals surface area contributed by atoms with E-state index in [2.05, 4.69) is 20.3 Å². The fraction of sp³-hybridized carbons (Fsp3) is 0.400. The van der Waals surface area contributed by atoms with E-state index in [1.165, 1.54) is 0 Å². The second-order valence-corrected chi connectivity index (χ2v) is 4.90. The van der Waals surface area contributed by atoms with Crippen LogP contribution in [0.5, 0.6) is 11.8 Å². The Balaban J connectivity index is 2.03. The average Bonchev–Trinajstić information content (AvgIpc) is 2.44. The SMILES string of the molecule is COc1ccc(CNc2nc(C)cc(OC(C)C)n2)cn1. The molecule has 2 heterocycles. The van der Waals surface area contributed by atoms with Gasteiger partial charge in [-0.1, -0.05) is 6.07 Å². The average molecular weight is 288 g/mol. The Bertz CT molecular complexity index is 585. The summed E-state index contributed by atoms with van der Waals surface area (Å²) in [6.45, 7) is 6.43. The number of hydrogen-bond donors (Lipinski definition) is 1. The summed E-state index contributed by atoms with van der Waals surface area (Å²) in [6, 6.07) is 5.59. The highest BCUT2D eigenvalue weighted by Crippen LogP contribution is 2.14. The topological polar surface area (TPSA) is 69.2 Å². The first-order valence-corrected chi connectivity index (χ1v) is 6.82. The standard InChI is InChI=1S/C15H20N4O2/c1-10(2)21-14-7-11(3)18-15(19-14)17-9-12-5-6-13(20-4)16-8-12/h5-8,10H,9H2,1-4H3,(H,17,18,19). The van der Waals surface area contributed by atoms with Gasteiger partial charge in [-0.15, -0.1) is 0 Å². The number of aromatic nitrogens is 3. The lowest BCUT2D eigenvalue weighted by Crippen LogP contribution is -2.10. The van der Waals surface area contributed by atoms with Crippen molar-refractivity contribution in [3.63, 3.8) is 0 Å². The second-order valence-electron chi connectivity index (χ2n) is 4.90. The third-order valence-corrected chi connectivity index (χ3v) is 2.64. The van der Waals surface area contributed by atoms with Crippen LogP contribution >= 0.6 is 0 Å². The van der Waals surface area contributed by atoms with E-state index in [-0.39, 0.29) is 6.10 Å². The molecule has 0 fully saturated rings. The molecule has 0 saturated carbocycles. The van der Waals surface area contributed by atoms with Crippen LogP contribution in [0.4, 0.5) is 5.95 Å². The van der Waals surface area contributed by atoms with Crippen LogP contribution in [0.3, 0.4) is 0 Å². The van der Waals surface area contributed by atoms with Gasteiger partial charge in [0.2, 0.25) is 17.7 Å². The van der Waals surface area contributed by atoms with Crippen molar-refractivity contribution >= 4 is 5.95 Å². The normalized spacial score (nSPS) is 10.5. The third kappa shape index (κ3) is 4.59. The Labute approximate surface area is 124 Å². The van der Waals surface area contributed by atoms with Crippen molar-refractivity contribution in [3.8, 4) is 11.8 Å². The van der Waals surface area contributed by atoms with Gasteiger partial charge in [-0.2, -0.15) is 4.98 Å². The van der Waals surface area contributed by atoms with Crippen molar-refractivity contribution in [1.29, 1.82) is 0 Å². The number of methoxy groups -OCH3 is 1. The highest BCUT2D eigenvalue weighted by Gasteiger charge is 2.05. The fourth-order valence-electron chi connectivity index (χ4n) is 1.74. The minimum absolute atomic E-state index is 0.0814. The Hall–Kier alpha value is -2.37. The zero-order valence-electron chi connectivity index (χ0n) is 12.8. The van der Waals surface area contributed by atoms with E-state index in [1.54, 1.807) is 13.3 Å². The van der Waals surface area contributed by atoms with E-state index in [0.29, 0.717) is 24.3 Å². The number of nitrogens with zero attached hydrogens (tertiary/aromatic N) is 3. The van der Waals surface area contributed by atoms with Crippen molar-refractivity contribution in [1.82, 2.24) is 15.0 Å². The lowest BCUT2D eigenvalue weighted by molar-refractivity contribution is 0.232. The molecule has 0 amide bonds. The predicted molar refractivity (Wildman–Crippen MR) is 80.6 cm³/mol. The van der Waals surface area contributed by atoms with Crippen molar-refractivity contribution in [2.45, 2.75) is 33.4 Å². The predicted octanol–water partition coefficient (Wildman–Crippen LogP) is 2.59. The molecule has 0 atom stereocenters. The molecule has 0 saturated heterocycles. The molecule has 112 valence electrons. The van der Waals surface area contributed by atoms with Crippen molar-refractivity contribution in [2.75, 3.05) is 12.4 Å². The number of aryl methyl sites for hydroxylation is 1. The molecule has 0 aliphatic rings. The van der Waals surface area contributed by atoms with Gasteiger partial charge in [-0.05, 0) is 26.3 Å². The van der Waals surface area contributed by atoms with Crippen molar-refractivity contribution in [2.24, 2.45) is 0 Å². The van der Waals surface area contributed by atoms with Crippen LogP contribution in [-0.4, -0.2) is 28.2 Å². The molecule has 0 radical (unpaired) electrons. The van der Waals surface area contributed by atoms with Crippen LogP contribution in [0.2, 0.25) is 0 Å². The van der Waals surface area contributed by atoms with Crippen LogP contribution < -0.4 is 14.8 Å². The number of nitrogens with one attached hydrogen (secondary N) is 1. The fourth-order valence-corrected chi connectivity index (χ4v) is 1.74. The van der Waals surface area contributed by atoms with E-state index in [4.69, 9.17) is 9.47 Å². The number of anilines is 1. The van der Waals surface area contributed by atoms with Crippen LogP contribution in [-0.2, 0) is 6.54 Å². The molecule has 1 N–H and O–H groups in total. The molecule has 2 aromatic heterocycles. The van der Waals surface area contributed by atoms with Gasteiger partial charge in [0.25, 0.3) is 0 Å². The smallest absolute Gasteiger partial charge is 0.226 e. The summed E-state index contributed by atoms with van der Waals surface area (Å²) in [5.74, 6) is 1.72. The molecule has 21 heavy (non-hydrogen) atoms. The van der Waals surface area contributed by atoms with E-state index in [9.17, 15) is 0 Å². The summed E-state index contributed by atoms with van der Waals surface area (Å²) in [4.78, 5) is 12.8. The molecular formula is C15H20N4O2. The third-order valence-electron chi connectivity index (χ3n) is 2.64. The summed E-state index contributed by atoms with van der Waals surface area (Å²) in [7, 11) is 1.59. The summed E-state index contributed by atoms with van der Waals surface area (Å²) in [5.41, 5.74) is 1.88. The van der Waals surface area contributed by atoms with Gasteiger partial charge in [0.05, 0.1) is 13.2 Å². The Morgan fingerprint density at radius 3 is 2.62 bits per heavy atom. The number of pyridine rings is 1. The van der Waals surface area contributed by atoms with Crippen LogP contribution in [0.1, 0.15) is 25.1 Å². The maximum atomic E-state index is 5.60. The first-order valence-electron chi connectivity index (χ1n) is 6.82. The largest absolute Gasteiger partial charge is 0.481 e. The summed E-state index contributed by atoms with van der Waals surface area (Å²) >= 11 is 0. The van der Waals surface area contributed by atoms with Crippen LogP contribution in [0, 0.1) is 6.92 Å². The minimum Gasteiger partial charge on any atom is -0.481 e. The van der Waals surface area contributed by atoms with Gasteiger partial charge in [-0.25, -0.2) is 9.97 Å². The molecular weight excluding hydrogens is 268 g/mol. The molecule has 0 unspecified atom stereocenters. The quantitative estimate of drug-likeness (QED) is 0.881. The van der Waals surface area contributed by atoms with Crippen LogP contribution in [0.25, 0.3) is 0 Å². The monoisotopic (exact) mass is 288 g/mol. The zero-order valence-corrected chi connectivity index (χ0v) is 12.8. The number of ether oxygens (including phenoxy) is 2. The van der Waals surface area contributed by atoms with Gasteiger partial charge < -0.3 is 14.8 Å². The highest BCUT2D eigenvalue weighted by molar-refractivity contribution is 5.32. The summed E-state index contributed by atoms with van der Waals surface area (Å²) in [6.07, 6.45) is 1.84. The van der Waals surface area contributed by atoms with Gasteiger partial charge in [0, 0.05) is 30.6 Å². The van der Waals surface area contributed by atoms with E-state index in [0.717, 1.165) is 11.3 Å². The molecule has 0 aromatic carbocycles. The summed E-state index contributed by atoms with van der Waals surface area (Å²) < 4.78 is 10.6. The highest BCUT2D eigenvalue weighted by atomic mass is 16.5. The minimum atomic E-state index is 0.0814. The van der Waals surface area contributed by atoms with Crippen molar-refractivity contribution in [3.05, 3.63) is 35.7 Å². The second kappa shape index (κ2) is 6.88. The van der Waals surface area contributed by atoms with E-state index in [1.807, 2.05) is 39.0 Å². The molecule has 0 aliphatic heterocycles. The lowest BCUT2D eigenvalue weighted by Gasteiger charge is -2.11. The van der Waals surface area contributed by atoms with E-state index < -0.39 is 0 Å². The van der Waals surface area contributed by atoms with E-state index >= 15 is 0 Å².